The Hall–Kier alpha value is -0.710. The highest BCUT2D eigenvalue weighted by molar-refractivity contribution is 7.12. The van der Waals surface area contributed by atoms with Crippen molar-refractivity contribution in [3.8, 4) is 0 Å². The minimum atomic E-state index is 0.0919. The molecule has 2 heterocycles. The number of nitrogens with zero attached hydrogens (tertiary/aromatic N) is 1. The van der Waals surface area contributed by atoms with Crippen LogP contribution in [-0.2, 0) is 6.42 Å². The maximum Gasteiger partial charge on any atom is 0.0947 e. The van der Waals surface area contributed by atoms with Gasteiger partial charge in [0, 0.05) is 33.3 Å². The van der Waals surface area contributed by atoms with Gasteiger partial charge in [-0.25, -0.2) is 4.98 Å². The zero-order valence-corrected chi connectivity index (χ0v) is 10.5. The second-order valence-corrected chi connectivity index (χ2v) is 5.90. The molecule has 0 spiro atoms. The molecular weight excluding hydrogens is 224 g/mol. The number of aromatic nitrogens is 1. The van der Waals surface area contributed by atoms with E-state index >= 15 is 0 Å². The quantitative estimate of drug-likeness (QED) is 0.892. The van der Waals surface area contributed by atoms with Crippen LogP contribution in [0.5, 0.6) is 0 Å². The topological polar surface area (TPSA) is 38.9 Å². The van der Waals surface area contributed by atoms with E-state index in [0.29, 0.717) is 0 Å². The molecule has 2 N–H and O–H groups in total. The van der Waals surface area contributed by atoms with E-state index in [1.54, 1.807) is 22.7 Å². The van der Waals surface area contributed by atoms with Gasteiger partial charge >= 0.3 is 0 Å². The van der Waals surface area contributed by atoms with E-state index < -0.39 is 0 Å². The summed E-state index contributed by atoms with van der Waals surface area (Å²) < 4.78 is 0. The van der Waals surface area contributed by atoms with E-state index in [4.69, 9.17) is 5.73 Å². The zero-order chi connectivity index (χ0) is 10.8. The highest BCUT2D eigenvalue weighted by Gasteiger charge is 2.11. The number of hydrogen-bond donors (Lipinski definition) is 1. The SMILES string of the molecule is Cc1csc(CC(N)c2ccc(C)s2)n1. The Labute approximate surface area is 97.8 Å². The van der Waals surface area contributed by atoms with Crippen LogP contribution in [0.1, 0.15) is 26.5 Å². The lowest BCUT2D eigenvalue weighted by Gasteiger charge is -2.06. The normalized spacial score (nSPS) is 13.0. The fraction of sp³-hybridized carbons (Fsp3) is 0.364. The van der Waals surface area contributed by atoms with Gasteiger partial charge < -0.3 is 5.73 Å². The molecule has 0 aliphatic heterocycles. The van der Waals surface area contributed by atoms with Gasteiger partial charge in [-0.2, -0.15) is 0 Å². The molecule has 1 atom stereocenters. The average Bonchev–Trinajstić information content (AvgIpc) is 2.75. The van der Waals surface area contributed by atoms with Crippen molar-refractivity contribution in [2.75, 3.05) is 0 Å². The minimum absolute atomic E-state index is 0.0919. The molecule has 15 heavy (non-hydrogen) atoms. The summed E-state index contributed by atoms with van der Waals surface area (Å²) in [6.45, 7) is 4.12. The lowest BCUT2D eigenvalue weighted by atomic mass is 10.2. The fourth-order valence-corrected chi connectivity index (χ4v) is 3.15. The maximum atomic E-state index is 6.13. The van der Waals surface area contributed by atoms with E-state index in [9.17, 15) is 0 Å². The van der Waals surface area contributed by atoms with Crippen molar-refractivity contribution in [1.29, 1.82) is 0 Å². The molecule has 2 rings (SSSR count). The van der Waals surface area contributed by atoms with Gasteiger partial charge in [0.05, 0.1) is 5.01 Å². The first-order valence-electron chi connectivity index (χ1n) is 4.88. The monoisotopic (exact) mass is 238 g/mol. The van der Waals surface area contributed by atoms with Crippen LogP contribution in [0, 0.1) is 13.8 Å². The van der Waals surface area contributed by atoms with Gasteiger partial charge in [0.2, 0.25) is 0 Å². The number of aryl methyl sites for hydroxylation is 2. The highest BCUT2D eigenvalue weighted by Crippen LogP contribution is 2.24. The molecule has 1 unspecified atom stereocenters. The van der Waals surface area contributed by atoms with Gasteiger partial charge in [-0.05, 0) is 26.0 Å². The predicted octanol–water partition coefficient (Wildman–Crippen LogP) is 3.06. The molecule has 0 fully saturated rings. The molecular formula is C11H14N2S2. The molecule has 0 aliphatic carbocycles. The third kappa shape index (κ3) is 2.65. The Balaban J connectivity index is 2.06. The van der Waals surface area contributed by atoms with Crippen LogP contribution in [0.4, 0.5) is 0 Å². The first-order chi connectivity index (χ1) is 7.15. The van der Waals surface area contributed by atoms with Crippen molar-refractivity contribution in [2.45, 2.75) is 26.3 Å². The molecule has 2 aromatic heterocycles. The van der Waals surface area contributed by atoms with Gasteiger partial charge in [0.25, 0.3) is 0 Å². The summed E-state index contributed by atoms with van der Waals surface area (Å²) in [6, 6.07) is 4.33. The zero-order valence-electron chi connectivity index (χ0n) is 8.86. The van der Waals surface area contributed by atoms with E-state index in [1.165, 1.54) is 9.75 Å². The largest absolute Gasteiger partial charge is 0.323 e. The molecule has 0 aromatic carbocycles. The van der Waals surface area contributed by atoms with Crippen molar-refractivity contribution in [2.24, 2.45) is 5.73 Å². The van der Waals surface area contributed by atoms with Crippen LogP contribution in [0.15, 0.2) is 17.5 Å². The molecule has 0 bridgehead atoms. The number of rotatable bonds is 3. The van der Waals surface area contributed by atoms with Crippen LogP contribution in [-0.4, -0.2) is 4.98 Å². The van der Waals surface area contributed by atoms with Gasteiger partial charge in [-0.15, -0.1) is 22.7 Å². The lowest BCUT2D eigenvalue weighted by molar-refractivity contribution is 0.731. The molecule has 0 saturated carbocycles. The van der Waals surface area contributed by atoms with E-state index in [1.807, 2.05) is 6.92 Å². The van der Waals surface area contributed by atoms with Crippen LogP contribution in [0.25, 0.3) is 0 Å². The molecule has 4 heteroatoms. The van der Waals surface area contributed by atoms with E-state index in [-0.39, 0.29) is 6.04 Å². The third-order valence-electron chi connectivity index (χ3n) is 2.19. The Morgan fingerprint density at radius 1 is 1.40 bits per heavy atom. The standard InChI is InChI=1S/C11H14N2S2/c1-7-6-14-11(13-7)5-9(12)10-4-3-8(2)15-10/h3-4,6,9H,5,12H2,1-2H3. The number of thiazole rings is 1. The molecule has 0 amide bonds. The molecule has 80 valence electrons. The van der Waals surface area contributed by atoms with E-state index in [0.717, 1.165) is 17.1 Å². The van der Waals surface area contributed by atoms with Crippen molar-refractivity contribution in [3.63, 3.8) is 0 Å². The van der Waals surface area contributed by atoms with Crippen molar-refractivity contribution >= 4 is 22.7 Å². The van der Waals surface area contributed by atoms with Crippen molar-refractivity contribution < 1.29 is 0 Å². The van der Waals surface area contributed by atoms with Crippen molar-refractivity contribution in [1.82, 2.24) is 4.98 Å². The number of hydrogen-bond acceptors (Lipinski definition) is 4. The molecule has 0 saturated heterocycles. The summed E-state index contributed by atoms with van der Waals surface area (Å²) in [5, 5.41) is 3.20. The second kappa shape index (κ2) is 4.43. The predicted molar refractivity (Wildman–Crippen MR) is 66.5 cm³/mol. The second-order valence-electron chi connectivity index (χ2n) is 3.64. The highest BCUT2D eigenvalue weighted by atomic mass is 32.1. The lowest BCUT2D eigenvalue weighted by Crippen LogP contribution is -2.11. The fourth-order valence-electron chi connectivity index (χ4n) is 1.44. The Kier molecular flexibility index (Phi) is 3.19. The molecule has 2 aromatic rings. The first-order valence-corrected chi connectivity index (χ1v) is 6.57. The van der Waals surface area contributed by atoms with Crippen LogP contribution < -0.4 is 5.73 Å². The van der Waals surface area contributed by atoms with Gasteiger partial charge in [-0.3, -0.25) is 0 Å². The summed E-state index contributed by atoms with van der Waals surface area (Å²) in [5.41, 5.74) is 7.21. The third-order valence-corrected chi connectivity index (χ3v) is 4.31. The molecule has 0 aliphatic rings. The summed E-state index contributed by atoms with van der Waals surface area (Å²) in [7, 11) is 0. The van der Waals surface area contributed by atoms with Gasteiger partial charge in [0.1, 0.15) is 0 Å². The number of nitrogens with two attached hydrogens (primary N) is 1. The average molecular weight is 238 g/mol. The van der Waals surface area contributed by atoms with Crippen LogP contribution in [0.2, 0.25) is 0 Å². The number of thiophene rings is 1. The summed E-state index contributed by atoms with van der Waals surface area (Å²) in [4.78, 5) is 6.99. The summed E-state index contributed by atoms with van der Waals surface area (Å²) in [6.07, 6.45) is 0.846. The van der Waals surface area contributed by atoms with Crippen molar-refractivity contribution in [3.05, 3.63) is 38.0 Å². The molecule has 2 nitrogen and oxygen atoms in total. The Morgan fingerprint density at radius 3 is 2.73 bits per heavy atom. The van der Waals surface area contributed by atoms with Gasteiger partial charge in [-0.1, -0.05) is 0 Å². The summed E-state index contributed by atoms with van der Waals surface area (Å²) >= 11 is 3.47. The maximum absolute atomic E-state index is 6.13. The molecule has 0 radical (unpaired) electrons. The first kappa shape index (κ1) is 10.8. The summed E-state index contributed by atoms with van der Waals surface area (Å²) in [5.74, 6) is 0. The van der Waals surface area contributed by atoms with Gasteiger partial charge in [0.15, 0.2) is 0 Å². The van der Waals surface area contributed by atoms with Crippen LogP contribution in [0.3, 0.4) is 0 Å². The van der Waals surface area contributed by atoms with E-state index in [2.05, 4.69) is 29.4 Å². The Morgan fingerprint density at radius 2 is 2.20 bits per heavy atom. The van der Waals surface area contributed by atoms with Crippen LogP contribution >= 0.6 is 22.7 Å². The Bertz CT molecular complexity index is 445. The minimum Gasteiger partial charge on any atom is -0.323 e. The smallest absolute Gasteiger partial charge is 0.0947 e.